The highest BCUT2D eigenvalue weighted by atomic mass is 19.1. The lowest BCUT2D eigenvalue weighted by molar-refractivity contribution is 0.0776. The number of halogens is 2. The van der Waals surface area contributed by atoms with E-state index in [1.165, 1.54) is 23.2 Å². The van der Waals surface area contributed by atoms with Crippen molar-refractivity contribution in [3.8, 4) is 5.69 Å². The summed E-state index contributed by atoms with van der Waals surface area (Å²) in [5, 5.41) is 3.98. The van der Waals surface area contributed by atoms with E-state index in [-0.39, 0.29) is 22.8 Å². The molecule has 0 aliphatic heterocycles. The van der Waals surface area contributed by atoms with Gasteiger partial charge in [-0.3, -0.25) is 4.79 Å². The second kappa shape index (κ2) is 5.17. The van der Waals surface area contributed by atoms with Crippen molar-refractivity contribution in [1.29, 1.82) is 0 Å². The summed E-state index contributed by atoms with van der Waals surface area (Å²) in [5.41, 5.74) is 5.50. The third-order valence-electron chi connectivity index (χ3n) is 3.77. The molecule has 0 saturated heterocycles. The molecule has 2 aromatic rings. The van der Waals surface area contributed by atoms with Crippen molar-refractivity contribution in [3.63, 3.8) is 0 Å². The quantitative estimate of drug-likeness (QED) is 0.935. The monoisotopic (exact) mass is 306 g/mol. The van der Waals surface area contributed by atoms with Crippen molar-refractivity contribution in [1.82, 2.24) is 14.7 Å². The van der Waals surface area contributed by atoms with E-state index < -0.39 is 11.6 Å². The van der Waals surface area contributed by atoms with E-state index in [0.717, 1.165) is 29.7 Å². The molecule has 7 heteroatoms. The summed E-state index contributed by atoms with van der Waals surface area (Å²) in [6, 6.07) is 4.98. The van der Waals surface area contributed by atoms with Gasteiger partial charge in [0.2, 0.25) is 0 Å². The maximum atomic E-state index is 13.7. The van der Waals surface area contributed by atoms with E-state index in [2.05, 4.69) is 5.10 Å². The molecule has 1 aliphatic rings. The van der Waals surface area contributed by atoms with Crippen LogP contribution in [0.4, 0.5) is 8.78 Å². The highest BCUT2D eigenvalue weighted by Crippen LogP contribution is 2.32. The fraction of sp³-hybridized carbons (Fsp3) is 0.333. The number of hydrogen-bond acceptors (Lipinski definition) is 3. The zero-order chi connectivity index (χ0) is 15.9. The number of nitrogens with two attached hydrogens (primary N) is 1. The number of amides is 1. The van der Waals surface area contributed by atoms with Crippen molar-refractivity contribution in [2.75, 3.05) is 13.6 Å². The highest BCUT2D eigenvalue weighted by Gasteiger charge is 2.40. The van der Waals surface area contributed by atoms with E-state index in [1.54, 1.807) is 7.05 Å². The van der Waals surface area contributed by atoms with Crippen molar-refractivity contribution in [2.24, 2.45) is 5.73 Å². The van der Waals surface area contributed by atoms with Gasteiger partial charge < -0.3 is 10.6 Å². The smallest absolute Gasteiger partial charge is 0.274 e. The Labute approximate surface area is 126 Å². The summed E-state index contributed by atoms with van der Waals surface area (Å²) in [7, 11) is 1.64. The van der Waals surface area contributed by atoms with Crippen LogP contribution in [-0.4, -0.2) is 39.7 Å². The van der Waals surface area contributed by atoms with Gasteiger partial charge in [-0.2, -0.15) is 5.10 Å². The number of likely N-dealkylation sites (N-methyl/N-ethyl adjacent to an activating group) is 1. The Hall–Kier alpha value is -2.28. The summed E-state index contributed by atoms with van der Waals surface area (Å²) in [6.45, 7) is 0.437. The van der Waals surface area contributed by atoms with Gasteiger partial charge in [-0.1, -0.05) is 6.07 Å². The molecule has 2 N–H and O–H groups in total. The van der Waals surface area contributed by atoms with E-state index in [9.17, 15) is 13.6 Å². The zero-order valence-electron chi connectivity index (χ0n) is 12.1. The van der Waals surface area contributed by atoms with E-state index >= 15 is 0 Å². The fourth-order valence-electron chi connectivity index (χ4n) is 2.33. The van der Waals surface area contributed by atoms with Crippen LogP contribution in [0.2, 0.25) is 0 Å². The van der Waals surface area contributed by atoms with Gasteiger partial charge in [-0.25, -0.2) is 13.5 Å². The lowest BCUT2D eigenvalue weighted by Crippen LogP contribution is -2.40. The van der Waals surface area contributed by atoms with Crippen LogP contribution in [0.3, 0.4) is 0 Å². The molecule has 0 spiro atoms. The average Bonchev–Trinajstić information content (AvgIpc) is 3.00. The molecule has 116 valence electrons. The summed E-state index contributed by atoms with van der Waals surface area (Å²) in [4.78, 5) is 13.8. The maximum absolute atomic E-state index is 13.7. The second-order valence-corrected chi connectivity index (χ2v) is 5.74. The normalized spacial score (nSPS) is 15.6. The van der Waals surface area contributed by atoms with Crippen LogP contribution in [0, 0.1) is 11.6 Å². The molecule has 5 nitrogen and oxygen atoms in total. The van der Waals surface area contributed by atoms with Gasteiger partial charge in [0.05, 0.1) is 0 Å². The highest BCUT2D eigenvalue weighted by molar-refractivity contribution is 5.92. The number of carbonyl (C=O) groups is 1. The molecule has 0 unspecified atom stereocenters. The lowest BCUT2D eigenvalue weighted by Gasteiger charge is -2.19. The number of benzene rings is 1. The fourth-order valence-corrected chi connectivity index (χ4v) is 2.33. The van der Waals surface area contributed by atoms with Gasteiger partial charge >= 0.3 is 0 Å². The molecule has 1 aromatic heterocycles. The topological polar surface area (TPSA) is 64.2 Å². The van der Waals surface area contributed by atoms with Gasteiger partial charge in [0, 0.05) is 25.3 Å². The van der Waals surface area contributed by atoms with Crippen LogP contribution < -0.4 is 5.73 Å². The summed E-state index contributed by atoms with van der Waals surface area (Å²) >= 11 is 0. The Morgan fingerprint density at radius 2 is 2.00 bits per heavy atom. The minimum absolute atomic E-state index is 0.120. The molecular weight excluding hydrogens is 290 g/mol. The third-order valence-corrected chi connectivity index (χ3v) is 3.77. The molecule has 1 aliphatic carbocycles. The molecule has 1 amide bonds. The summed E-state index contributed by atoms with van der Waals surface area (Å²) < 4.78 is 28.5. The lowest BCUT2D eigenvalue weighted by atomic mass is 10.2. The molecule has 0 bridgehead atoms. The number of nitrogens with zero attached hydrogens (tertiary/aromatic N) is 3. The number of rotatable bonds is 4. The molecular formula is C15H16F2N4O. The van der Waals surface area contributed by atoms with Gasteiger partial charge in [-0.15, -0.1) is 0 Å². The van der Waals surface area contributed by atoms with Gasteiger partial charge in [-0.05, 0) is 31.0 Å². The van der Waals surface area contributed by atoms with Crippen molar-refractivity contribution in [2.45, 2.75) is 18.4 Å². The predicted octanol–water partition coefficient (Wildman–Crippen LogP) is 1.71. The Bertz CT molecular complexity index is 704. The first-order valence-corrected chi connectivity index (χ1v) is 6.94. The van der Waals surface area contributed by atoms with E-state index in [1.807, 2.05) is 0 Å². The van der Waals surface area contributed by atoms with Crippen LogP contribution in [0.15, 0.2) is 30.5 Å². The maximum Gasteiger partial charge on any atom is 0.274 e. The van der Waals surface area contributed by atoms with Gasteiger partial charge in [0.15, 0.2) is 17.3 Å². The Morgan fingerprint density at radius 3 is 2.59 bits per heavy atom. The third kappa shape index (κ3) is 2.71. The second-order valence-electron chi connectivity index (χ2n) is 5.74. The van der Waals surface area contributed by atoms with Crippen LogP contribution >= 0.6 is 0 Å². The largest absolute Gasteiger partial charge is 0.338 e. The van der Waals surface area contributed by atoms with E-state index in [4.69, 9.17) is 5.73 Å². The first kappa shape index (κ1) is 14.6. The first-order chi connectivity index (χ1) is 10.4. The standard InChI is InChI=1S/C15H16F2N4O/c1-20(9-15(18)6-7-15)14(22)12-5-8-21(19-12)13-10(16)3-2-4-11(13)17/h2-5,8H,6-7,9,18H2,1H3. The van der Waals surface area contributed by atoms with E-state index in [0.29, 0.717) is 6.54 Å². The Balaban J connectivity index is 1.83. The molecule has 1 heterocycles. The molecule has 1 saturated carbocycles. The van der Waals surface area contributed by atoms with Crippen LogP contribution in [0.5, 0.6) is 0 Å². The summed E-state index contributed by atoms with van der Waals surface area (Å²) in [6.07, 6.45) is 3.14. The average molecular weight is 306 g/mol. The van der Waals surface area contributed by atoms with Crippen LogP contribution in [0.25, 0.3) is 5.69 Å². The zero-order valence-corrected chi connectivity index (χ0v) is 12.1. The number of hydrogen-bond donors (Lipinski definition) is 1. The molecule has 3 rings (SSSR count). The first-order valence-electron chi connectivity index (χ1n) is 6.94. The minimum atomic E-state index is -0.741. The molecule has 1 aromatic carbocycles. The summed E-state index contributed by atoms with van der Waals surface area (Å²) in [5.74, 6) is -1.81. The molecule has 22 heavy (non-hydrogen) atoms. The Morgan fingerprint density at radius 1 is 1.36 bits per heavy atom. The minimum Gasteiger partial charge on any atom is -0.338 e. The van der Waals surface area contributed by atoms with Crippen LogP contribution in [0.1, 0.15) is 23.3 Å². The van der Waals surface area contributed by atoms with Crippen molar-refractivity contribution in [3.05, 3.63) is 47.8 Å². The molecule has 1 fully saturated rings. The predicted molar refractivity (Wildman–Crippen MR) is 76.6 cm³/mol. The number of para-hydroxylation sites is 1. The number of aromatic nitrogens is 2. The Kier molecular flexibility index (Phi) is 3.44. The van der Waals surface area contributed by atoms with Gasteiger partial charge in [0.25, 0.3) is 5.91 Å². The van der Waals surface area contributed by atoms with Crippen molar-refractivity contribution < 1.29 is 13.6 Å². The molecule has 0 atom stereocenters. The van der Waals surface area contributed by atoms with Crippen LogP contribution in [-0.2, 0) is 0 Å². The molecule has 0 radical (unpaired) electrons. The SMILES string of the molecule is CN(CC1(N)CC1)C(=O)c1ccn(-c2c(F)cccc2F)n1. The van der Waals surface area contributed by atoms with Crippen molar-refractivity contribution >= 4 is 5.91 Å². The number of carbonyl (C=O) groups excluding carboxylic acids is 1. The van der Waals surface area contributed by atoms with Gasteiger partial charge in [0.1, 0.15) is 5.69 Å².